The SMILES string of the molecule is COC1(c2cc(O)cc3oc(=O)ccc23)COCOO1. The summed E-state index contributed by atoms with van der Waals surface area (Å²) in [6, 6.07) is 5.63. The standard InChI is InChI=1S/C13H12O7/c1-16-13(6-17-7-18-20-13)10-4-8(14)5-11-9(10)2-3-12(15)19-11/h2-5,14H,6-7H2,1H3. The summed E-state index contributed by atoms with van der Waals surface area (Å²) in [5.41, 5.74) is 0.147. The van der Waals surface area contributed by atoms with Gasteiger partial charge in [-0.05, 0) is 12.1 Å². The molecule has 20 heavy (non-hydrogen) atoms. The fraction of sp³-hybridized carbons (Fsp3) is 0.308. The van der Waals surface area contributed by atoms with Crippen LogP contribution in [-0.4, -0.2) is 25.6 Å². The third kappa shape index (κ3) is 2.06. The molecule has 7 nitrogen and oxygen atoms in total. The number of benzene rings is 1. The van der Waals surface area contributed by atoms with Gasteiger partial charge in [0, 0.05) is 30.2 Å². The summed E-state index contributed by atoms with van der Waals surface area (Å²) in [7, 11) is 1.42. The summed E-state index contributed by atoms with van der Waals surface area (Å²) < 4.78 is 15.6. The molecule has 1 fully saturated rings. The number of phenols is 1. The van der Waals surface area contributed by atoms with Crippen LogP contribution in [0.2, 0.25) is 0 Å². The summed E-state index contributed by atoms with van der Waals surface area (Å²) in [4.78, 5) is 21.3. The van der Waals surface area contributed by atoms with Crippen LogP contribution in [0.5, 0.6) is 5.75 Å². The van der Waals surface area contributed by atoms with Crippen LogP contribution in [0, 0.1) is 0 Å². The molecule has 0 aliphatic carbocycles. The van der Waals surface area contributed by atoms with Crippen LogP contribution in [0.1, 0.15) is 5.56 Å². The predicted octanol–water partition coefficient (Wildman–Crippen LogP) is 1.23. The highest BCUT2D eigenvalue weighted by molar-refractivity contribution is 5.82. The monoisotopic (exact) mass is 280 g/mol. The minimum Gasteiger partial charge on any atom is -0.508 e. The highest BCUT2D eigenvalue weighted by atomic mass is 17.3. The molecule has 2 heterocycles. The summed E-state index contributed by atoms with van der Waals surface area (Å²) in [5.74, 6) is -1.43. The number of hydrogen-bond donors (Lipinski definition) is 1. The van der Waals surface area contributed by atoms with Gasteiger partial charge in [-0.25, -0.2) is 9.68 Å². The molecule has 3 rings (SSSR count). The number of fused-ring (bicyclic) bond motifs is 1. The van der Waals surface area contributed by atoms with E-state index in [9.17, 15) is 9.90 Å². The van der Waals surface area contributed by atoms with Crippen LogP contribution in [0.3, 0.4) is 0 Å². The Bertz CT molecular complexity index is 685. The number of aromatic hydroxyl groups is 1. The highest BCUT2D eigenvalue weighted by Crippen LogP contribution is 2.37. The van der Waals surface area contributed by atoms with E-state index in [-0.39, 0.29) is 24.7 Å². The van der Waals surface area contributed by atoms with E-state index in [1.807, 2.05) is 0 Å². The first-order chi connectivity index (χ1) is 9.64. The van der Waals surface area contributed by atoms with Gasteiger partial charge in [-0.3, -0.25) is 0 Å². The van der Waals surface area contributed by atoms with Crippen molar-refractivity contribution in [3.8, 4) is 5.75 Å². The van der Waals surface area contributed by atoms with E-state index in [0.29, 0.717) is 10.9 Å². The molecule has 1 aliphatic rings. The number of phenolic OH excluding ortho intramolecular Hbond substituents is 1. The van der Waals surface area contributed by atoms with Crippen molar-refractivity contribution in [3.05, 3.63) is 40.2 Å². The zero-order valence-electron chi connectivity index (χ0n) is 10.6. The van der Waals surface area contributed by atoms with Crippen molar-refractivity contribution in [1.82, 2.24) is 0 Å². The maximum Gasteiger partial charge on any atom is 0.336 e. The normalized spacial score (nSPS) is 23.1. The van der Waals surface area contributed by atoms with Crippen LogP contribution in [-0.2, 0) is 25.0 Å². The molecule has 106 valence electrons. The highest BCUT2D eigenvalue weighted by Gasteiger charge is 2.40. The minimum atomic E-state index is -1.34. The first kappa shape index (κ1) is 13.1. The lowest BCUT2D eigenvalue weighted by molar-refractivity contribution is -0.496. The second-order valence-electron chi connectivity index (χ2n) is 4.28. The molecule has 0 radical (unpaired) electrons. The van der Waals surface area contributed by atoms with Crippen LogP contribution in [0.25, 0.3) is 11.0 Å². The van der Waals surface area contributed by atoms with Crippen molar-refractivity contribution < 1.29 is 28.8 Å². The van der Waals surface area contributed by atoms with E-state index < -0.39 is 11.4 Å². The van der Waals surface area contributed by atoms with Gasteiger partial charge in [0.25, 0.3) is 5.79 Å². The van der Waals surface area contributed by atoms with Crippen molar-refractivity contribution >= 4 is 11.0 Å². The molecule has 2 aromatic rings. The Kier molecular flexibility index (Phi) is 3.19. The third-order valence-corrected chi connectivity index (χ3v) is 3.08. The Morgan fingerprint density at radius 3 is 2.90 bits per heavy atom. The van der Waals surface area contributed by atoms with E-state index in [1.165, 1.54) is 25.3 Å². The van der Waals surface area contributed by atoms with Crippen LogP contribution in [0.15, 0.2) is 33.5 Å². The zero-order valence-corrected chi connectivity index (χ0v) is 10.6. The fourth-order valence-corrected chi connectivity index (χ4v) is 2.16. The largest absolute Gasteiger partial charge is 0.508 e. The quantitative estimate of drug-likeness (QED) is 0.654. The number of hydrogen-bond acceptors (Lipinski definition) is 7. The second-order valence-corrected chi connectivity index (χ2v) is 4.28. The second kappa shape index (κ2) is 4.88. The van der Waals surface area contributed by atoms with Gasteiger partial charge in [-0.1, -0.05) is 0 Å². The molecular weight excluding hydrogens is 268 g/mol. The fourth-order valence-electron chi connectivity index (χ4n) is 2.16. The maximum atomic E-state index is 11.3. The van der Waals surface area contributed by atoms with Crippen molar-refractivity contribution in [1.29, 1.82) is 0 Å². The molecule has 1 aliphatic heterocycles. The number of rotatable bonds is 2. The van der Waals surface area contributed by atoms with Crippen molar-refractivity contribution in [2.24, 2.45) is 0 Å². The Morgan fingerprint density at radius 2 is 2.20 bits per heavy atom. The number of methoxy groups -OCH3 is 1. The van der Waals surface area contributed by atoms with Gasteiger partial charge in [0.05, 0.1) is 0 Å². The van der Waals surface area contributed by atoms with Crippen LogP contribution >= 0.6 is 0 Å². The summed E-state index contributed by atoms with van der Waals surface area (Å²) in [5, 5.41) is 10.3. The molecule has 7 heteroatoms. The van der Waals surface area contributed by atoms with Crippen molar-refractivity contribution in [3.63, 3.8) is 0 Å². The maximum absolute atomic E-state index is 11.3. The molecular formula is C13H12O7. The van der Waals surface area contributed by atoms with Crippen LogP contribution in [0.4, 0.5) is 0 Å². The lowest BCUT2D eigenvalue weighted by atomic mass is 10.0. The van der Waals surface area contributed by atoms with Gasteiger partial charge >= 0.3 is 5.63 Å². The van der Waals surface area contributed by atoms with E-state index in [0.717, 1.165) is 0 Å². The van der Waals surface area contributed by atoms with Crippen molar-refractivity contribution in [2.75, 3.05) is 20.5 Å². The molecule has 1 saturated heterocycles. The van der Waals surface area contributed by atoms with Crippen molar-refractivity contribution in [2.45, 2.75) is 5.79 Å². The van der Waals surface area contributed by atoms with Gasteiger partial charge in [0.15, 0.2) is 6.79 Å². The first-order valence-electron chi connectivity index (χ1n) is 5.85. The van der Waals surface area contributed by atoms with Gasteiger partial charge < -0.3 is 19.0 Å². The van der Waals surface area contributed by atoms with E-state index in [2.05, 4.69) is 0 Å². The number of ether oxygens (including phenoxy) is 2. The topological polar surface area (TPSA) is 87.4 Å². The van der Waals surface area contributed by atoms with Gasteiger partial charge in [0.2, 0.25) is 0 Å². The molecule has 1 unspecified atom stereocenters. The Morgan fingerprint density at radius 1 is 1.35 bits per heavy atom. The molecule has 1 N–H and O–H groups in total. The van der Waals surface area contributed by atoms with Gasteiger partial charge in [0.1, 0.15) is 17.9 Å². The molecule has 1 atom stereocenters. The summed E-state index contributed by atoms with van der Waals surface area (Å²) >= 11 is 0. The minimum absolute atomic E-state index is 0.0169. The smallest absolute Gasteiger partial charge is 0.336 e. The van der Waals surface area contributed by atoms with Crippen LogP contribution < -0.4 is 5.63 Å². The average molecular weight is 280 g/mol. The Labute approximate surface area is 113 Å². The predicted molar refractivity (Wildman–Crippen MR) is 65.8 cm³/mol. The molecule has 0 saturated carbocycles. The lowest BCUT2D eigenvalue weighted by Gasteiger charge is -2.34. The molecule has 0 spiro atoms. The van der Waals surface area contributed by atoms with E-state index in [4.69, 9.17) is 23.7 Å². The van der Waals surface area contributed by atoms with E-state index >= 15 is 0 Å². The van der Waals surface area contributed by atoms with E-state index in [1.54, 1.807) is 6.07 Å². The Hall–Kier alpha value is -1.93. The summed E-state index contributed by atoms with van der Waals surface area (Å²) in [6.45, 7) is 0.0537. The van der Waals surface area contributed by atoms with Gasteiger partial charge in [-0.15, -0.1) is 0 Å². The average Bonchev–Trinajstić information content (AvgIpc) is 2.46. The van der Waals surface area contributed by atoms with Gasteiger partial charge in [-0.2, -0.15) is 4.89 Å². The summed E-state index contributed by atoms with van der Waals surface area (Å²) in [6.07, 6.45) is 0. The molecule has 1 aromatic carbocycles. The first-order valence-corrected chi connectivity index (χ1v) is 5.85. The molecule has 0 bridgehead atoms. The zero-order chi connectivity index (χ0) is 14.2. The molecule has 0 amide bonds. The Balaban J connectivity index is 2.26. The lowest BCUT2D eigenvalue weighted by Crippen LogP contribution is -2.41. The third-order valence-electron chi connectivity index (χ3n) is 3.08. The molecule has 1 aromatic heterocycles.